The second-order valence-corrected chi connectivity index (χ2v) is 5.75. The van der Waals surface area contributed by atoms with Gasteiger partial charge in [-0.25, -0.2) is 4.79 Å². The molecule has 0 saturated heterocycles. The lowest BCUT2D eigenvalue weighted by Crippen LogP contribution is -2.05. The predicted octanol–water partition coefficient (Wildman–Crippen LogP) is 4.32. The molecule has 4 heteroatoms. The first-order valence-corrected chi connectivity index (χ1v) is 8.11. The Morgan fingerprint density at radius 2 is 1.77 bits per heavy atom. The van der Waals surface area contributed by atoms with Crippen LogP contribution in [0.4, 0.5) is 0 Å². The summed E-state index contributed by atoms with van der Waals surface area (Å²) >= 11 is 3.59. The van der Waals surface area contributed by atoms with E-state index in [1.807, 2.05) is 24.3 Å². The molecule has 0 heterocycles. The minimum Gasteiger partial charge on any atom is -0.497 e. The van der Waals surface area contributed by atoms with Crippen LogP contribution in [0.3, 0.4) is 0 Å². The normalized spacial score (nSPS) is 11.8. The van der Waals surface area contributed by atoms with E-state index in [1.165, 1.54) is 12.7 Å². The molecule has 0 aliphatic heterocycles. The summed E-state index contributed by atoms with van der Waals surface area (Å²) in [6.45, 7) is 2.05. The molecule has 1 unspecified atom stereocenters. The van der Waals surface area contributed by atoms with E-state index in [0.717, 1.165) is 22.2 Å². The standard InChI is InChI=1S/C18H19BrO3/c1-12-8-15(10-16(9-12)21-2)17(11-19)13-4-6-14(7-5-13)18(20)22-3/h4-10,17H,11H2,1-3H3. The third-order valence-electron chi connectivity index (χ3n) is 3.60. The van der Waals surface area contributed by atoms with Crippen molar-refractivity contribution in [1.82, 2.24) is 0 Å². The number of aryl methyl sites for hydroxylation is 1. The van der Waals surface area contributed by atoms with E-state index >= 15 is 0 Å². The predicted molar refractivity (Wildman–Crippen MR) is 91.1 cm³/mol. The number of alkyl halides is 1. The zero-order chi connectivity index (χ0) is 16.1. The van der Waals surface area contributed by atoms with Crippen molar-refractivity contribution in [1.29, 1.82) is 0 Å². The highest BCUT2D eigenvalue weighted by molar-refractivity contribution is 9.09. The van der Waals surface area contributed by atoms with Crippen LogP contribution in [0.15, 0.2) is 42.5 Å². The van der Waals surface area contributed by atoms with Gasteiger partial charge in [0.25, 0.3) is 0 Å². The quantitative estimate of drug-likeness (QED) is 0.586. The van der Waals surface area contributed by atoms with Gasteiger partial charge in [0.15, 0.2) is 0 Å². The summed E-state index contributed by atoms with van der Waals surface area (Å²) < 4.78 is 10.1. The van der Waals surface area contributed by atoms with Gasteiger partial charge in [0, 0.05) is 11.2 Å². The summed E-state index contributed by atoms with van der Waals surface area (Å²) in [4.78, 5) is 11.5. The van der Waals surface area contributed by atoms with Crippen molar-refractivity contribution < 1.29 is 14.3 Å². The number of benzene rings is 2. The zero-order valence-electron chi connectivity index (χ0n) is 12.9. The molecule has 0 radical (unpaired) electrons. The number of rotatable bonds is 5. The molecule has 0 bridgehead atoms. The van der Waals surface area contributed by atoms with Crippen molar-refractivity contribution in [2.45, 2.75) is 12.8 Å². The second-order valence-electron chi connectivity index (χ2n) is 5.10. The van der Waals surface area contributed by atoms with Crippen molar-refractivity contribution in [2.75, 3.05) is 19.5 Å². The molecule has 0 amide bonds. The molecule has 0 aliphatic carbocycles. The molecule has 0 saturated carbocycles. The molecule has 0 aromatic heterocycles. The van der Waals surface area contributed by atoms with Crippen molar-refractivity contribution in [3.05, 3.63) is 64.7 Å². The average Bonchev–Trinajstić information content (AvgIpc) is 2.55. The molecule has 22 heavy (non-hydrogen) atoms. The van der Waals surface area contributed by atoms with Gasteiger partial charge in [-0.2, -0.15) is 0 Å². The van der Waals surface area contributed by atoms with Crippen molar-refractivity contribution in [2.24, 2.45) is 0 Å². The van der Waals surface area contributed by atoms with E-state index in [1.54, 1.807) is 19.2 Å². The number of esters is 1. The number of hydrogen-bond acceptors (Lipinski definition) is 3. The van der Waals surface area contributed by atoms with Crippen LogP contribution in [0.5, 0.6) is 5.75 Å². The van der Waals surface area contributed by atoms with Gasteiger partial charge in [0.2, 0.25) is 0 Å². The summed E-state index contributed by atoms with van der Waals surface area (Å²) in [5.41, 5.74) is 4.03. The minimum absolute atomic E-state index is 0.195. The van der Waals surface area contributed by atoms with Gasteiger partial charge in [-0.15, -0.1) is 0 Å². The van der Waals surface area contributed by atoms with Crippen LogP contribution in [0, 0.1) is 6.92 Å². The zero-order valence-corrected chi connectivity index (χ0v) is 14.5. The van der Waals surface area contributed by atoms with Gasteiger partial charge in [-0.3, -0.25) is 0 Å². The summed E-state index contributed by atoms with van der Waals surface area (Å²) in [5.74, 6) is 0.729. The Labute approximate surface area is 139 Å². The van der Waals surface area contributed by atoms with Gasteiger partial charge in [-0.05, 0) is 47.9 Å². The largest absolute Gasteiger partial charge is 0.497 e. The SMILES string of the molecule is COC(=O)c1ccc(C(CBr)c2cc(C)cc(OC)c2)cc1. The third kappa shape index (κ3) is 3.69. The summed E-state index contributed by atoms with van der Waals surface area (Å²) in [5, 5.41) is 0.789. The van der Waals surface area contributed by atoms with E-state index in [9.17, 15) is 4.79 Å². The fourth-order valence-electron chi connectivity index (χ4n) is 2.44. The van der Waals surface area contributed by atoms with Crippen LogP contribution < -0.4 is 4.74 Å². The van der Waals surface area contributed by atoms with E-state index in [-0.39, 0.29) is 11.9 Å². The lowest BCUT2D eigenvalue weighted by atomic mass is 9.91. The van der Waals surface area contributed by atoms with Crippen LogP contribution in [0.2, 0.25) is 0 Å². The molecule has 1 atom stereocenters. The Morgan fingerprint density at radius 3 is 2.32 bits per heavy atom. The maximum atomic E-state index is 11.5. The van der Waals surface area contributed by atoms with Crippen LogP contribution in [0.1, 0.15) is 33.0 Å². The monoisotopic (exact) mass is 362 g/mol. The second kappa shape index (κ2) is 7.45. The Morgan fingerprint density at radius 1 is 1.09 bits per heavy atom. The summed E-state index contributed by atoms with van der Waals surface area (Å²) in [6.07, 6.45) is 0. The number of halogens is 1. The number of ether oxygens (including phenoxy) is 2. The van der Waals surface area contributed by atoms with Crippen LogP contribution in [-0.2, 0) is 4.74 Å². The topological polar surface area (TPSA) is 35.5 Å². The first kappa shape index (κ1) is 16.6. The van der Waals surface area contributed by atoms with E-state index < -0.39 is 0 Å². The van der Waals surface area contributed by atoms with Crippen molar-refractivity contribution >= 4 is 21.9 Å². The number of carbonyl (C=O) groups excluding carboxylic acids is 1. The molecular weight excluding hydrogens is 344 g/mol. The average molecular weight is 363 g/mol. The molecule has 0 fully saturated rings. The fourth-order valence-corrected chi connectivity index (χ4v) is 3.18. The highest BCUT2D eigenvalue weighted by Crippen LogP contribution is 2.30. The Bertz CT molecular complexity index is 650. The molecule has 0 aliphatic rings. The number of hydrogen-bond donors (Lipinski definition) is 0. The van der Waals surface area contributed by atoms with Gasteiger partial charge in [0.1, 0.15) is 5.75 Å². The van der Waals surface area contributed by atoms with E-state index in [0.29, 0.717) is 5.56 Å². The molecule has 2 rings (SSSR count). The number of carbonyl (C=O) groups is 1. The van der Waals surface area contributed by atoms with Crippen LogP contribution >= 0.6 is 15.9 Å². The summed E-state index contributed by atoms with van der Waals surface area (Å²) in [6, 6.07) is 13.7. The Kier molecular flexibility index (Phi) is 5.61. The minimum atomic E-state index is -0.320. The van der Waals surface area contributed by atoms with Crippen molar-refractivity contribution in [3.8, 4) is 5.75 Å². The molecular formula is C18H19BrO3. The lowest BCUT2D eigenvalue weighted by molar-refractivity contribution is 0.0600. The highest BCUT2D eigenvalue weighted by Gasteiger charge is 2.15. The van der Waals surface area contributed by atoms with Gasteiger partial charge < -0.3 is 9.47 Å². The molecule has 0 spiro atoms. The molecule has 0 N–H and O–H groups in total. The van der Waals surface area contributed by atoms with Crippen LogP contribution in [0.25, 0.3) is 0 Å². The van der Waals surface area contributed by atoms with E-state index in [2.05, 4.69) is 28.9 Å². The van der Waals surface area contributed by atoms with Crippen molar-refractivity contribution in [3.63, 3.8) is 0 Å². The Balaban J connectivity index is 2.35. The fraction of sp³-hybridized carbons (Fsp3) is 0.278. The third-order valence-corrected chi connectivity index (χ3v) is 4.25. The molecule has 3 nitrogen and oxygen atoms in total. The van der Waals surface area contributed by atoms with Gasteiger partial charge >= 0.3 is 5.97 Å². The molecule has 2 aromatic carbocycles. The maximum absolute atomic E-state index is 11.5. The Hall–Kier alpha value is -1.81. The summed E-state index contributed by atoms with van der Waals surface area (Å²) in [7, 11) is 3.06. The highest BCUT2D eigenvalue weighted by atomic mass is 79.9. The lowest BCUT2D eigenvalue weighted by Gasteiger charge is -2.17. The van der Waals surface area contributed by atoms with Gasteiger partial charge in [0.05, 0.1) is 19.8 Å². The number of methoxy groups -OCH3 is 2. The van der Waals surface area contributed by atoms with Crippen LogP contribution in [-0.4, -0.2) is 25.5 Å². The first-order chi connectivity index (χ1) is 10.6. The van der Waals surface area contributed by atoms with E-state index in [4.69, 9.17) is 9.47 Å². The first-order valence-electron chi connectivity index (χ1n) is 6.99. The van der Waals surface area contributed by atoms with Gasteiger partial charge in [-0.1, -0.05) is 34.1 Å². The smallest absolute Gasteiger partial charge is 0.337 e. The molecule has 2 aromatic rings. The maximum Gasteiger partial charge on any atom is 0.337 e. The molecule has 116 valence electrons.